The van der Waals surface area contributed by atoms with Crippen LogP contribution in [0.2, 0.25) is 0 Å². The molecule has 6 heteroatoms. The zero-order valence-electron chi connectivity index (χ0n) is 14.9. The molecule has 1 heterocycles. The Morgan fingerprint density at radius 2 is 2.04 bits per heavy atom. The van der Waals surface area contributed by atoms with Crippen LogP contribution in [-0.4, -0.2) is 30.4 Å². The molecule has 0 radical (unpaired) electrons. The fourth-order valence-corrected chi connectivity index (χ4v) is 2.98. The number of carbonyl (C=O) groups is 1. The Hall–Kier alpha value is -3.02. The third-order valence-corrected chi connectivity index (χ3v) is 4.31. The van der Waals surface area contributed by atoms with E-state index in [1.165, 1.54) is 0 Å². The summed E-state index contributed by atoms with van der Waals surface area (Å²) < 4.78 is 5.19. The summed E-state index contributed by atoms with van der Waals surface area (Å²) >= 11 is 0. The monoisotopic (exact) mass is 352 g/mol. The Morgan fingerprint density at radius 3 is 2.81 bits per heavy atom. The molecular formula is C20H24N4O2. The van der Waals surface area contributed by atoms with Crippen molar-refractivity contribution in [1.82, 2.24) is 4.90 Å². The van der Waals surface area contributed by atoms with E-state index in [2.05, 4.69) is 16.4 Å². The highest BCUT2D eigenvalue weighted by molar-refractivity contribution is 5.92. The van der Waals surface area contributed by atoms with Crippen molar-refractivity contribution in [1.29, 1.82) is 0 Å². The summed E-state index contributed by atoms with van der Waals surface area (Å²) in [6, 6.07) is 15.6. The molecule has 0 atom stereocenters. The third-order valence-electron chi connectivity index (χ3n) is 4.31. The SMILES string of the molecule is COc1cccc(NC(N)=NCc2cccc(CN3CCCC3=O)c2)c1. The molecule has 1 fully saturated rings. The molecule has 136 valence electrons. The van der Waals surface area contributed by atoms with Crippen molar-refractivity contribution >= 4 is 17.6 Å². The van der Waals surface area contributed by atoms with Gasteiger partial charge in [-0.15, -0.1) is 0 Å². The summed E-state index contributed by atoms with van der Waals surface area (Å²) in [5.41, 5.74) is 8.98. The molecule has 2 aromatic rings. The number of ether oxygens (including phenoxy) is 1. The molecule has 26 heavy (non-hydrogen) atoms. The number of carbonyl (C=O) groups excluding carboxylic acids is 1. The molecule has 1 aliphatic rings. The smallest absolute Gasteiger partial charge is 0.222 e. The number of nitrogens with one attached hydrogen (secondary N) is 1. The first-order valence-corrected chi connectivity index (χ1v) is 8.70. The predicted molar refractivity (Wildman–Crippen MR) is 103 cm³/mol. The van der Waals surface area contributed by atoms with Crippen molar-refractivity contribution in [2.45, 2.75) is 25.9 Å². The lowest BCUT2D eigenvalue weighted by atomic mass is 10.1. The van der Waals surface area contributed by atoms with Crippen LogP contribution in [0.25, 0.3) is 0 Å². The minimum atomic E-state index is 0.236. The fraction of sp³-hybridized carbons (Fsp3) is 0.300. The van der Waals surface area contributed by atoms with E-state index in [0.717, 1.165) is 35.5 Å². The Balaban J connectivity index is 1.60. The number of likely N-dealkylation sites (tertiary alicyclic amines) is 1. The molecule has 0 bridgehead atoms. The molecule has 0 saturated carbocycles. The van der Waals surface area contributed by atoms with Gasteiger partial charge in [0.1, 0.15) is 5.75 Å². The van der Waals surface area contributed by atoms with E-state index in [9.17, 15) is 4.79 Å². The van der Waals surface area contributed by atoms with Crippen molar-refractivity contribution in [3.8, 4) is 5.75 Å². The van der Waals surface area contributed by atoms with Gasteiger partial charge in [0.05, 0.1) is 13.7 Å². The van der Waals surface area contributed by atoms with Crippen molar-refractivity contribution in [3.05, 3.63) is 59.7 Å². The average molecular weight is 352 g/mol. The number of hydrogen-bond donors (Lipinski definition) is 2. The second-order valence-electron chi connectivity index (χ2n) is 6.30. The number of rotatable bonds is 6. The van der Waals surface area contributed by atoms with Gasteiger partial charge in [-0.3, -0.25) is 4.79 Å². The van der Waals surface area contributed by atoms with Crippen molar-refractivity contribution in [3.63, 3.8) is 0 Å². The lowest BCUT2D eigenvalue weighted by Crippen LogP contribution is -2.24. The molecule has 6 nitrogen and oxygen atoms in total. The fourth-order valence-electron chi connectivity index (χ4n) is 2.98. The molecule has 3 rings (SSSR count). The molecule has 0 unspecified atom stereocenters. The summed E-state index contributed by atoms with van der Waals surface area (Å²) in [5.74, 6) is 1.34. The van der Waals surface area contributed by atoms with Gasteiger partial charge in [-0.1, -0.05) is 30.3 Å². The van der Waals surface area contributed by atoms with E-state index in [4.69, 9.17) is 10.5 Å². The van der Waals surface area contributed by atoms with Gasteiger partial charge in [-0.05, 0) is 29.7 Å². The zero-order valence-corrected chi connectivity index (χ0v) is 14.9. The first-order valence-electron chi connectivity index (χ1n) is 8.70. The third kappa shape index (κ3) is 4.75. The highest BCUT2D eigenvalue weighted by Crippen LogP contribution is 2.17. The summed E-state index contributed by atoms with van der Waals surface area (Å²) in [5, 5.41) is 3.06. The van der Waals surface area contributed by atoms with Crippen LogP contribution in [-0.2, 0) is 17.9 Å². The normalized spacial score (nSPS) is 14.6. The Morgan fingerprint density at radius 1 is 1.23 bits per heavy atom. The summed E-state index contributed by atoms with van der Waals surface area (Å²) in [6.45, 7) is 1.98. The molecule has 1 saturated heterocycles. The maximum atomic E-state index is 11.8. The number of guanidine groups is 1. The quantitative estimate of drug-likeness (QED) is 0.619. The van der Waals surface area contributed by atoms with Crippen LogP contribution in [0.15, 0.2) is 53.5 Å². The second kappa shape index (κ2) is 8.38. The van der Waals surface area contributed by atoms with Crippen LogP contribution in [0.3, 0.4) is 0 Å². The van der Waals surface area contributed by atoms with Gasteiger partial charge in [-0.2, -0.15) is 0 Å². The number of anilines is 1. The number of aliphatic imine (C=N–C) groups is 1. The standard InChI is InChI=1S/C20H24N4O2/c1-26-18-8-3-7-17(12-18)23-20(21)22-13-15-5-2-6-16(11-15)14-24-10-4-9-19(24)25/h2-3,5-8,11-12H,4,9-10,13-14H2,1H3,(H3,21,22,23). The lowest BCUT2D eigenvalue weighted by molar-refractivity contribution is -0.128. The van der Waals surface area contributed by atoms with Gasteiger partial charge in [0, 0.05) is 31.3 Å². The lowest BCUT2D eigenvalue weighted by Gasteiger charge is -2.15. The molecular weight excluding hydrogens is 328 g/mol. The minimum Gasteiger partial charge on any atom is -0.497 e. The van der Waals surface area contributed by atoms with Gasteiger partial charge in [-0.25, -0.2) is 4.99 Å². The molecule has 1 amide bonds. The number of methoxy groups -OCH3 is 1. The molecule has 3 N–H and O–H groups in total. The van der Waals surface area contributed by atoms with Gasteiger partial charge in [0.25, 0.3) is 0 Å². The highest BCUT2D eigenvalue weighted by Gasteiger charge is 2.19. The molecule has 0 spiro atoms. The molecule has 2 aromatic carbocycles. The van der Waals surface area contributed by atoms with Crippen LogP contribution in [0.5, 0.6) is 5.75 Å². The largest absolute Gasteiger partial charge is 0.497 e. The van der Waals surface area contributed by atoms with Crippen LogP contribution in [0.1, 0.15) is 24.0 Å². The van der Waals surface area contributed by atoms with E-state index in [-0.39, 0.29) is 5.91 Å². The Bertz CT molecular complexity index is 804. The van der Waals surface area contributed by atoms with Crippen LogP contribution >= 0.6 is 0 Å². The van der Waals surface area contributed by atoms with Crippen molar-refractivity contribution in [2.24, 2.45) is 10.7 Å². The average Bonchev–Trinajstić information content (AvgIpc) is 3.05. The number of hydrogen-bond acceptors (Lipinski definition) is 3. The Kier molecular flexibility index (Phi) is 5.73. The van der Waals surface area contributed by atoms with Crippen molar-refractivity contribution < 1.29 is 9.53 Å². The maximum absolute atomic E-state index is 11.8. The highest BCUT2D eigenvalue weighted by atomic mass is 16.5. The number of nitrogens with two attached hydrogens (primary N) is 1. The minimum absolute atomic E-state index is 0.236. The predicted octanol–water partition coefficient (Wildman–Crippen LogP) is 2.74. The number of nitrogens with zero attached hydrogens (tertiary/aromatic N) is 2. The molecule has 0 aliphatic carbocycles. The van der Waals surface area contributed by atoms with Crippen LogP contribution in [0, 0.1) is 0 Å². The Labute approximate surface area is 153 Å². The topological polar surface area (TPSA) is 80.0 Å². The van der Waals surface area contributed by atoms with E-state index >= 15 is 0 Å². The van der Waals surface area contributed by atoms with Gasteiger partial charge >= 0.3 is 0 Å². The van der Waals surface area contributed by atoms with Gasteiger partial charge < -0.3 is 20.7 Å². The number of benzene rings is 2. The molecule has 0 aromatic heterocycles. The first kappa shape index (κ1) is 17.8. The van der Waals surface area contributed by atoms with Crippen molar-refractivity contribution in [2.75, 3.05) is 19.0 Å². The van der Waals surface area contributed by atoms with Crippen LogP contribution < -0.4 is 15.8 Å². The maximum Gasteiger partial charge on any atom is 0.222 e. The summed E-state index contributed by atoms with van der Waals surface area (Å²) in [7, 11) is 1.62. The van der Waals surface area contributed by atoms with E-state index < -0.39 is 0 Å². The van der Waals surface area contributed by atoms with E-state index in [1.807, 2.05) is 47.4 Å². The first-order chi connectivity index (χ1) is 12.6. The summed E-state index contributed by atoms with van der Waals surface area (Å²) in [4.78, 5) is 18.1. The molecule has 1 aliphatic heterocycles. The number of amides is 1. The summed E-state index contributed by atoms with van der Waals surface area (Å²) in [6.07, 6.45) is 1.62. The van der Waals surface area contributed by atoms with E-state index in [1.54, 1.807) is 7.11 Å². The van der Waals surface area contributed by atoms with Gasteiger partial charge in [0.2, 0.25) is 5.91 Å². The van der Waals surface area contributed by atoms with Gasteiger partial charge in [0.15, 0.2) is 5.96 Å². The van der Waals surface area contributed by atoms with E-state index in [0.29, 0.717) is 25.5 Å². The second-order valence-corrected chi connectivity index (χ2v) is 6.30. The zero-order chi connectivity index (χ0) is 18.4. The van der Waals surface area contributed by atoms with Crippen LogP contribution in [0.4, 0.5) is 5.69 Å².